The Morgan fingerprint density at radius 1 is 1.34 bits per heavy atom. The molecule has 0 radical (unpaired) electrons. The minimum absolute atomic E-state index is 0.136. The Labute approximate surface area is 167 Å². The zero-order valence-corrected chi connectivity index (χ0v) is 16.5. The standard InChI is InChI=1S/C19H20FN5O3S/c1-2-8-29(27,28)25-15-5-3-4-13(16(15)20)19(26)22-12-9-14-17(11-6-7-11)23-24-18(14)21-10-12/h3-5,9-11,25H,2,6-8H2,1H3,(H,22,26)(H,21,23,24). The zero-order valence-electron chi connectivity index (χ0n) is 15.7. The molecule has 0 saturated heterocycles. The van der Waals surface area contributed by atoms with Gasteiger partial charge in [0.15, 0.2) is 11.5 Å². The number of nitrogens with one attached hydrogen (secondary N) is 3. The van der Waals surface area contributed by atoms with Gasteiger partial charge < -0.3 is 5.32 Å². The average Bonchev–Trinajstić information content (AvgIpc) is 3.42. The van der Waals surface area contributed by atoms with Gasteiger partial charge in [-0.1, -0.05) is 13.0 Å². The van der Waals surface area contributed by atoms with Crippen LogP contribution in [0.5, 0.6) is 0 Å². The largest absolute Gasteiger partial charge is 0.320 e. The maximum absolute atomic E-state index is 14.8. The van der Waals surface area contributed by atoms with Crippen molar-refractivity contribution >= 4 is 38.3 Å². The smallest absolute Gasteiger partial charge is 0.258 e. The summed E-state index contributed by atoms with van der Waals surface area (Å²) >= 11 is 0. The predicted octanol–water partition coefficient (Wildman–Crippen LogP) is 3.38. The molecule has 1 saturated carbocycles. The van der Waals surface area contributed by atoms with Gasteiger partial charge in [0.05, 0.1) is 28.9 Å². The van der Waals surface area contributed by atoms with Gasteiger partial charge in [0, 0.05) is 17.0 Å². The Balaban J connectivity index is 1.58. The number of benzene rings is 1. The molecule has 1 amide bonds. The molecule has 1 aromatic carbocycles. The molecule has 3 aromatic rings. The fraction of sp³-hybridized carbons (Fsp3) is 0.316. The van der Waals surface area contributed by atoms with Crippen LogP contribution < -0.4 is 10.0 Å². The zero-order chi connectivity index (χ0) is 20.6. The highest BCUT2D eigenvalue weighted by Gasteiger charge is 2.28. The van der Waals surface area contributed by atoms with E-state index in [0.717, 1.165) is 23.9 Å². The molecule has 0 aliphatic heterocycles. The summed E-state index contributed by atoms with van der Waals surface area (Å²) in [6.07, 6.45) is 4.01. The molecule has 152 valence electrons. The fourth-order valence-electron chi connectivity index (χ4n) is 3.14. The number of rotatable bonds is 7. The number of hydrogen-bond donors (Lipinski definition) is 3. The van der Waals surface area contributed by atoms with E-state index in [2.05, 4.69) is 25.2 Å². The van der Waals surface area contributed by atoms with E-state index in [9.17, 15) is 17.6 Å². The monoisotopic (exact) mass is 417 g/mol. The van der Waals surface area contributed by atoms with E-state index in [0.29, 0.717) is 23.7 Å². The number of hydrogen-bond acceptors (Lipinski definition) is 5. The van der Waals surface area contributed by atoms with Gasteiger partial charge in [0.1, 0.15) is 0 Å². The second-order valence-corrected chi connectivity index (χ2v) is 8.89. The number of anilines is 2. The van der Waals surface area contributed by atoms with Crippen LogP contribution in [0.1, 0.15) is 48.2 Å². The van der Waals surface area contributed by atoms with Crippen LogP contribution in [0.15, 0.2) is 30.5 Å². The Hall–Kier alpha value is -3.01. The van der Waals surface area contributed by atoms with Crippen molar-refractivity contribution in [1.82, 2.24) is 15.2 Å². The minimum atomic E-state index is -3.68. The molecule has 3 N–H and O–H groups in total. The number of sulfonamides is 1. The molecule has 10 heteroatoms. The summed E-state index contributed by atoms with van der Waals surface area (Å²) in [5.41, 5.74) is 1.43. The second-order valence-electron chi connectivity index (χ2n) is 7.05. The normalized spacial score (nSPS) is 14.1. The second kappa shape index (κ2) is 7.43. The topological polar surface area (TPSA) is 117 Å². The molecule has 8 nitrogen and oxygen atoms in total. The molecule has 29 heavy (non-hydrogen) atoms. The number of aromatic nitrogens is 3. The number of amides is 1. The first-order chi connectivity index (χ1) is 13.9. The molecular formula is C19H20FN5O3S. The Morgan fingerprint density at radius 3 is 2.86 bits per heavy atom. The first kappa shape index (κ1) is 19.3. The van der Waals surface area contributed by atoms with Crippen LogP contribution in [-0.4, -0.2) is 35.3 Å². The summed E-state index contributed by atoms with van der Waals surface area (Å²) in [4.78, 5) is 16.8. The molecule has 0 unspecified atom stereocenters. The van der Waals surface area contributed by atoms with Crippen LogP contribution in [0.25, 0.3) is 11.0 Å². The number of H-pyrrole nitrogens is 1. The van der Waals surface area contributed by atoms with E-state index in [1.54, 1.807) is 13.0 Å². The van der Waals surface area contributed by atoms with Crippen molar-refractivity contribution in [1.29, 1.82) is 0 Å². The van der Waals surface area contributed by atoms with Crippen molar-refractivity contribution in [2.75, 3.05) is 15.8 Å². The highest BCUT2D eigenvalue weighted by atomic mass is 32.2. The molecule has 0 bridgehead atoms. The summed E-state index contributed by atoms with van der Waals surface area (Å²) in [6, 6.07) is 5.75. The highest BCUT2D eigenvalue weighted by Crippen LogP contribution is 2.42. The number of nitrogens with zero attached hydrogens (tertiary/aromatic N) is 2. The summed E-state index contributed by atoms with van der Waals surface area (Å²) < 4.78 is 40.8. The number of carbonyl (C=O) groups is 1. The van der Waals surface area contributed by atoms with E-state index >= 15 is 0 Å². The van der Waals surface area contributed by atoms with Crippen LogP contribution in [0.3, 0.4) is 0 Å². The number of aromatic amines is 1. The number of fused-ring (bicyclic) bond motifs is 1. The lowest BCUT2D eigenvalue weighted by Gasteiger charge is -2.11. The third-order valence-corrected chi connectivity index (χ3v) is 6.14. The number of pyridine rings is 1. The van der Waals surface area contributed by atoms with Gasteiger partial charge in [-0.25, -0.2) is 17.8 Å². The Kier molecular flexibility index (Phi) is 4.95. The first-order valence-corrected chi connectivity index (χ1v) is 11.0. The summed E-state index contributed by atoms with van der Waals surface area (Å²) in [5, 5.41) is 10.6. The molecule has 0 atom stereocenters. The van der Waals surface area contributed by atoms with Crippen molar-refractivity contribution in [3.05, 3.63) is 47.5 Å². The molecule has 1 aliphatic rings. The number of carbonyl (C=O) groups excluding carboxylic acids is 1. The molecular weight excluding hydrogens is 397 g/mol. The lowest BCUT2D eigenvalue weighted by Crippen LogP contribution is -2.19. The van der Waals surface area contributed by atoms with Crippen molar-refractivity contribution < 1.29 is 17.6 Å². The van der Waals surface area contributed by atoms with E-state index < -0.39 is 21.7 Å². The van der Waals surface area contributed by atoms with E-state index in [1.807, 2.05) is 0 Å². The lowest BCUT2D eigenvalue weighted by atomic mass is 10.1. The molecule has 2 aromatic heterocycles. The quantitative estimate of drug-likeness (QED) is 0.545. The van der Waals surface area contributed by atoms with Crippen LogP contribution >= 0.6 is 0 Å². The maximum Gasteiger partial charge on any atom is 0.258 e. The van der Waals surface area contributed by atoms with E-state index in [1.165, 1.54) is 24.4 Å². The van der Waals surface area contributed by atoms with Gasteiger partial charge in [-0.3, -0.25) is 14.6 Å². The van der Waals surface area contributed by atoms with Crippen LogP contribution in [0, 0.1) is 5.82 Å². The van der Waals surface area contributed by atoms with Gasteiger partial charge in [0.2, 0.25) is 10.0 Å². The van der Waals surface area contributed by atoms with Crippen molar-refractivity contribution in [2.45, 2.75) is 32.1 Å². The van der Waals surface area contributed by atoms with E-state index in [-0.39, 0.29) is 17.0 Å². The van der Waals surface area contributed by atoms with Gasteiger partial charge in [0.25, 0.3) is 5.91 Å². The first-order valence-electron chi connectivity index (χ1n) is 9.32. The van der Waals surface area contributed by atoms with Gasteiger partial charge in [-0.2, -0.15) is 5.10 Å². The average molecular weight is 417 g/mol. The molecule has 0 spiro atoms. The SMILES string of the molecule is CCCS(=O)(=O)Nc1cccc(C(=O)Nc2cnc3n[nH]c(C4CC4)c3c2)c1F. The van der Waals surface area contributed by atoms with Crippen LogP contribution in [-0.2, 0) is 10.0 Å². The summed E-state index contributed by atoms with van der Waals surface area (Å²) in [7, 11) is -3.68. The Bertz CT molecular complexity index is 1190. The summed E-state index contributed by atoms with van der Waals surface area (Å²) in [6.45, 7) is 1.71. The van der Waals surface area contributed by atoms with Crippen LogP contribution in [0.2, 0.25) is 0 Å². The third-order valence-electron chi connectivity index (χ3n) is 4.66. The van der Waals surface area contributed by atoms with Gasteiger partial charge in [-0.15, -0.1) is 0 Å². The molecule has 4 rings (SSSR count). The van der Waals surface area contributed by atoms with Crippen molar-refractivity contribution in [3.8, 4) is 0 Å². The molecule has 2 heterocycles. The third kappa shape index (κ3) is 4.07. The minimum Gasteiger partial charge on any atom is -0.320 e. The predicted molar refractivity (Wildman–Crippen MR) is 108 cm³/mol. The van der Waals surface area contributed by atoms with Gasteiger partial charge >= 0.3 is 0 Å². The summed E-state index contributed by atoms with van der Waals surface area (Å²) in [5.74, 6) is -1.34. The molecule has 1 fully saturated rings. The van der Waals surface area contributed by atoms with Crippen molar-refractivity contribution in [3.63, 3.8) is 0 Å². The van der Waals surface area contributed by atoms with E-state index in [4.69, 9.17) is 0 Å². The van der Waals surface area contributed by atoms with Crippen LogP contribution in [0.4, 0.5) is 15.8 Å². The Morgan fingerprint density at radius 2 is 2.14 bits per heavy atom. The molecule has 1 aliphatic carbocycles. The maximum atomic E-state index is 14.8. The lowest BCUT2D eigenvalue weighted by molar-refractivity contribution is 0.102. The highest BCUT2D eigenvalue weighted by molar-refractivity contribution is 7.92. The number of halogens is 1. The van der Waals surface area contributed by atoms with Gasteiger partial charge in [-0.05, 0) is 37.5 Å². The van der Waals surface area contributed by atoms with Crippen molar-refractivity contribution in [2.24, 2.45) is 0 Å². The fourth-order valence-corrected chi connectivity index (χ4v) is 4.27.